The number of rotatable bonds is 6. The van der Waals surface area contributed by atoms with Crippen LogP contribution >= 0.6 is 23.4 Å². The van der Waals surface area contributed by atoms with E-state index in [0.717, 1.165) is 11.8 Å². The highest BCUT2D eigenvalue weighted by molar-refractivity contribution is 7.99. The topological polar surface area (TPSA) is 161 Å². The number of aliphatic hydroxyl groups excluding tert-OH is 1. The molecule has 30 heavy (non-hydrogen) atoms. The molecule has 0 saturated carbocycles. The van der Waals surface area contributed by atoms with Crippen LogP contribution in [0.15, 0.2) is 39.1 Å². The van der Waals surface area contributed by atoms with Crippen molar-refractivity contribution in [3.05, 3.63) is 50.9 Å². The average molecular weight is 449 g/mol. The molecule has 2 aromatic heterocycles. The van der Waals surface area contributed by atoms with Gasteiger partial charge in [-0.05, 0) is 36.0 Å². The number of hydrogen-bond acceptors (Lipinski definition) is 7. The number of aromatic amines is 3. The van der Waals surface area contributed by atoms with E-state index in [1.807, 2.05) is 0 Å². The van der Waals surface area contributed by atoms with Gasteiger partial charge < -0.3 is 29.9 Å². The fourth-order valence-electron chi connectivity index (χ4n) is 2.90. The Morgan fingerprint density at radius 1 is 1.17 bits per heavy atom. The Morgan fingerprint density at radius 3 is 2.70 bits per heavy atom. The van der Waals surface area contributed by atoms with Gasteiger partial charge >= 0.3 is 17.6 Å². The maximum atomic E-state index is 12.3. The van der Waals surface area contributed by atoms with Crippen LogP contribution in [0.5, 0.6) is 0 Å². The van der Waals surface area contributed by atoms with Crippen molar-refractivity contribution in [2.24, 2.45) is 0 Å². The van der Waals surface area contributed by atoms with Crippen LogP contribution < -0.4 is 5.69 Å². The third-order valence-electron chi connectivity index (χ3n) is 4.15. The molecule has 0 aliphatic rings. The molecule has 5 N–H and O–H groups in total. The summed E-state index contributed by atoms with van der Waals surface area (Å²) in [4.78, 5) is 48.5. The summed E-state index contributed by atoms with van der Waals surface area (Å²) >= 11 is 7.23. The van der Waals surface area contributed by atoms with Crippen molar-refractivity contribution in [3.8, 4) is 0 Å². The van der Waals surface area contributed by atoms with Crippen LogP contribution in [-0.4, -0.2) is 55.3 Å². The predicted octanol–water partition coefficient (Wildman–Crippen LogP) is 2.38. The number of carbonyl (C=O) groups is 2. The zero-order chi connectivity index (χ0) is 21.4. The normalized spacial score (nSPS) is 11.3. The first-order valence-electron chi connectivity index (χ1n) is 8.50. The summed E-state index contributed by atoms with van der Waals surface area (Å²) < 4.78 is 4.95. The van der Waals surface area contributed by atoms with Crippen LogP contribution in [0.25, 0.3) is 22.1 Å². The predicted molar refractivity (Wildman–Crippen MR) is 108 cm³/mol. The highest BCUT2D eigenvalue weighted by atomic mass is 35.5. The number of esters is 1. The average Bonchev–Trinajstić information content (AvgIpc) is 3.28. The largest absolute Gasteiger partial charge is 0.478 e. The summed E-state index contributed by atoms with van der Waals surface area (Å²) in [5.74, 6) is -1.88. The summed E-state index contributed by atoms with van der Waals surface area (Å²) in [5, 5.41) is 18.7. The zero-order valence-electron chi connectivity index (χ0n) is 15.0. The Hall–Kier alpha value is -3.28. The van der Waals surface area contributed by atoms with Crippen LogP contribution in [0.2, 0.25) is 5.02 Å². The van der Waals surface area contributed by atoms with Gasteiger partial charge in [0.15, 0.2) is 5.16 Å². The molecule has 0 unspecified atom stereocenters. The first-order valence-corrected chi connectivity index (χ1v) is 9.70. The van der Waals surface area contributed by atoms with Crippen molar-refractivity contribution < 1.29 is 24.5 Å². The van der Waals surface area contributed by atoms with E-state index < -0.39 is 17.6 Å². The van der Waals surface area contributed by atoms with E-state index in [1.165, 1.54) is 18.2 Å². The number of nitrogens with zero attached hydrogens (tertiary/aromatic N) is 1. The maximum absolute atomic E-state index is 12.3. The van der Waals surface area contributed by atoms with E-state index >= 15 is 0 Å². The van der Waals surface area contributed by atoms with Gasteiger partial charge in [0, 0.05) is 4.90 Å². The summed E-state index contributed by atoms with van der Waals surface area (Å²) in [5.41, 5.74) is 1.11. The third kappa shape index (κ3) is 3.65. The van der Waals surface area contributed by atoms with Gasteiger partial charge in [-0.2, -0.15) is 0 Å². The molecule has 0 bridgehead atoms. The van der Waals surface area contributed by atoms with Gasteiger partial charge in [-0.3, -0.25) is 0 Å². The molecule has 0 amide bonds. The second-order valence-electron chi connectivity index (χ2n) is 6.10. The monoisotopic (exact) mass is 448 g/mol. The van der Waals surface area contributed by atoms with Crippen molar-refractivity contribution in [2.45, 2.75) is 10.1 Å². The van der Waals surface area contributed by atoms with Crippen molar-refractivity contribution in [2.75, 3.05) is 13.2 Å². The zero-order valence-corrected chi connectivity index (χ0v) is 16.6. The van der Waals surface area contributed by atoms with E-state index in [0.29, 0.717) is 26.6 Å². The molecule has 0 radical (unpaired) electrons. The Kier molecular flexibility index (Phi) is 5.24. The first-order chi connectivity index (χ1) is 14.4. The van der Waals surface area contributed by atoms with Crippen molar-refractivity contribution in [1.82, 2.24) is 19.9 Å². The highest BCUT2D eigenvalue weighted by Gasteiger charge is 2.20. The fraction of sp³-hybridized carbons (Fsp3) is 0.111. The Morgan fingerprint density at radius 2 is 1.97 bits per heavy atom. The summed E-state index contributed by atoms with van der Waals surface area (Å²) in [6, 6.07) is 5.92. The van der Waals surface area contributed by atoms with Crippen molar-refractivity contribution in [1.29, 1.82) is 0 Å². The van der Waals surface area contributed by atoms with E-state index in [-0.39, 0.29) is 34.9 Å². The minimum absolute atomic E-state index is 0.00678. The number of carboxylic acid groups (broad SMARTS) is 1. The first kappa shape index (κ1) is 20.0. The number of ether oxygens (including phenoxy) is 1. The molecule has 0 aliphatic heterocycles. The van der Waals surface area contributed by atoms with Crippen LogP contribution in [0.4, 0.5) is 0 Å². The molecule has 0 fully saturated rings. The molecule has 0 aliphatic carbocycles. The van der Waals surface area contributed by atoms with Gasteiger partial charge in [0.25, 0.3) is 0 Å². The number of hydrogen-bond donors (Lipinski definition) is 5. The van der Waals surface area contributed by atoms with E-state index in [9.17, 15) is 19.5 Å². The number of imidazole rings is 2. The molecule has 2 aromatic carbocycles. The molecule has 2 heterocycles. The number of aliphatic hydroxyl groups is 1. The molecule has 0 saturated heterocycles. The lowest BCUT2D eigenvalue weighted by molar-refractivity contribution is 0.0435. The van der Waals surface area contributed by atoms with Gasteiger partial charge in [0.05, 0.1) is 33.7 Å². The van der Waals surface area contributed by atoms with Gasteiger partial charge in [-0.15, -0.1) is 0 Å². The van der Waals surface area contributed by atoms with Crippen LogP contribution in [0, 0.1) is 0 Å². The molecule has 0 atom stereocenters. The molecule has 4 rings (SSSR count). The van der Waals surface area contributed by atoms with Crippen LogP contribution in [0.3, 0.4) is 0 Å². The van der Waals surface area contributed by atoms with E-state index in [4.69, 9.17) is 21.4 Å². The molecular weight excluding hydrogens is 436 g/mol. The summed E-state index contributed by atoms with van der Waals surface area (Å²) in [6.45, 7) is -0.510. The Balaban J connectivity index is 1.79. The van der Waals surface area contributed by atoms with Crippen LogP contribution in [-0.2, 0) is 4.74 Å². The second-order valence-corrected chi connectivity index (χ2v) is 7.54. The van der Waals surface area contributed by atoms with Gasteiger partial charge in [-0.25, -0.2) is 19.4 Å². The summed E-state index contributed by atoms with van der Waals surface area (Å²) in [6.07, 6.45) is 0. The number of H-pyrrole nitrogens is 3. The number of carbonyl (C=O) groups excluding carboxylic acids is 1. The van der Waals surface area contributed by atoms with Gasteiger partial charge in [0.1, 0.15) is 17.7 Å². The molecule has 154 valence electrons. The number of fused-ring (bicyclic) bond motifs is 2. The highest BCUT2D eigenvalue weighted by Crippen LogP contribution is 2.34. The van der Waals surface area contributed by atoms with Gasteiger partial charge in [0.2, 0.25) is 0 Å². The SMILES string of the molecule is O=C(O)c1cc(Sc2nc3c(C(=O)OCCO)c(Cl)ccc3[nH]2)c2[nH]c(=O)[nH]c2c1. The lowest BCUT2D eigenvalue weighted by Crippen LogP contribution is -2.10. The van der Waals surface area contributed by atoms with E-state index in [2.05, 4.69) is 19.9 Å². The minimum Gasteiger partial charge on any atom is -0.478 e. The number of carboxylic acids is 1. The lowest BCUT2D eigenvalue weighted by Gasteiger charge is -2.05. The fourth-order valence-corrected chi connectivity index (χ4v) is 4.08. The summed E-state index contributed by atoms with van der Waals surface area (Å²) in [7, 11) is 0. The van der Waals surface area contributed by atoms with Crippen molar-refractivity contribution in [3.63, 3.8) is 0 Å². The Labute approximate surface area is 176 Å². The Bertz CT molecular complexity index is 1360. The standard InChI is InChI=1S/C18H13ClN4O6S/c19-8-1-2-9-14(12(8)16(27)29-4-3-24)23-18(21-9)30-11-6-7(15(25)26)5-10-13(11)22-17(28)20-10/h1-2,5-6,24H,3-4H2,(H,21,23)(H,25,26)(H2,20,22,28). The molecule has 4 aromatic rings. The number of nitrogens with one attached hydrogen (secondary N) is 3. The lowest BCUT2D eigenvalue weighted by atomic mass is 10.2. The molecule has 10 nitrogen and oxygen atoms in total. The third-order valence-corrected chi connectivity index (χ3v) is 5.40. The quantitative estimate of drug-likeness (QED) is 0.281. The number of aromatic carboxylic acids is 1. The number of halogens is 1. The number of aromatic nitrogens is 4. The molecular formula is C18H13ClN4O6S. The maximum Gasteiger partial charge on any atom is 0.342 e. The molecule has 0 spiro atoms. The smallest absolute Gasteiger partial charge is 0.342 e. The van der Waals surface area contributed by atoms with E-state index in [1.54, 1.807) is 6.07 Å². The van der Waals surface area contributed by atoms with Gasteiger partial charge in [-0.1, -0.05) is 11.6 Å². The second kappa shape index (κ2) is 7.86. The van der Waals surface area contributed by atoms with Crippen molar-refractivity contribution >= 4 is 57.4 Å². The molecule has 12 heteroatoms. The number of benzene rings is 2. The van der Waals surface area contributed by atoms with Crippen LogP contribution in [0.1, 0.15) is 20.7 Å². The minimum atomic E-state index is -1.15.